The molecule has 0 radical (unpaired) electrons. The van der Waals surface area contributed by atoms with E-state index in [2.05, 4.69) is 29.2 Å². The van der Waals surface area contributed by atoms with E-state index >= 15 is 0 Å². The Kier molecular flexibility index (Phi) is 4.74. The number of likely N-dealkylation sites (N-methyl/N-ethyl adjacent to an activating group) is 1. The molecule has 0 fully saturated rings. The number of nitrogens with zero attached hydrogens (tertiary/aromatic N) is 2. The molecule has 0 aliphatic heterocycles. The molecule has 0 aliphatic rings. The summed E-state index contributed by atoms with van der Waals surface area (Å²) in [5.74, 6) is 0.920. The van der Waals surface area contributed by atoms with Gasteiger partial charge in [0.05, 0.1) is 23.0 Å². The van der Waals surface area contributed by atoms with Crippen molar-refractivity contribution >= 4 is 11.3 Å². The van der Waals surface area contributed by atoms with Crippen molar-refractivity contribution in [2.45, 2.75) is 38.9 Å². The molecule has 2 aromatic rings. The smallest absolute Gasteiger partial charge is 0.122 e. The summed E-state index contributed by atoms with van der Waals surface area (Å²) in [5, 5.41) is 3.19. The van der Waals surface area contributed by atoms with E-state index in [1.165, 1.54) is 0 Å². The van der Waals surface area contributed by atoms with Crippen LogP contribution in [-0.2, 0) is 6.54 Å². The SMILES string of the molecule is CCC(N)C(c1ccco1)N(C)Cc1csc(C)n1. The molecule has 5 heteroatoms. The first kappa shape index (κ1) is 14.2. The predicted molar refractivity (Wildman–Crippen MR) is 78.0 cm³/mol. The molecule has 0 bridgehead atoms. The van der Waals surface area contributed by atoms with Gasteiger partial charge in [0.15, 0.2) is 0 Å². The number of aromatic nitrogens is 1. The molecule has 0 spiro atoms. The average molecular weight is 279 g/mol. The van der Waals surface area contributed by atoms with E-state index in [1.54, 1.807) is 17.6 Å². The molecular formula is C14H21N3OS. The van der Waals surface area contributed by atoms with E-state index in [0.29, 0.717) is 0 Å². The van der Waals surface area contributed by atoms with E-state index in [1.807, 2.05) is 19.1 Å². The molecular weight excluding hydrogens is 258 g/mol. The normalized spacial score (nSPS) is 14.8. The molecule has 19 heavy (non-hydrogen) atoms. The first-order chi connectivity index (χ1) is 9.11. The summed E-state index contributed by atoms with van der Waals surface area (Å²) in [6.07, 6.45) is 2.61. The highest BCUT2D eigenvalue weighted by Crippen LogP contribution is 2.26. The van der Waals surface area contributed by atoms with E-state index in [-0.39, 0.29) is 12.1 Å². The van der Waals surface area contributed by atoms with Gasteiger partial charge in [-0.15, -0.1) is 11.3 Å². The zero-order valence-corrected chi connectivity index (χ0v) is 12.5. The first-order valence-corrected chi connectivity index (χ1v) is 7.40. The number of nitrogens with two attached hydrogens (primary N) is 1. The summed E-state index contributed by atoms with van der Waals surface area (Å²) in [7, 11) is 2.07. The molecule has 2 rings (SSSR count). The molecule has 0 saturated carbocycles. The van der Waals surface area contributed by atoms with Crippen molar-refractivity contribution in [2.75, 3.05) is 7.05 Å². The van der Waals surface area contributed by atoms with Crippen LogP contribution in [0, 0.1) is 6.92 Å². The van der Waals surface area contributed by atoms with Crippen molar-refractivity contribution in [1.82, 2.24) is 9.88 Å². The molecule has 104 valence electrons. The maximum Gasteiger partial charge on any atom is 0.122 e. The van der Waals surface area contributed by atoms with Gasteiger partial charge in [-0.1, -0.05) is 6.92 Å². The lowest BCUT2D eigenvalue weighted by molar-refractivity contribution is 0.174. The lowest BCUT2D eigenvalue weighted by Gasteiger charge is -2.30. The lowest BCUT2D eigenvalue weighted by atomic mass is 10.0. The van der Waals surface area contributed by atoms with Crippen molar-refractivity contribution in [3.63, 3.8) is 0 Å². The van der Waals surface area contributed by atoms with Crippen LogP contribution in [0.15, 0.2) is 28.2 Å². The predicted octanol–water partition coefficient (Wildman–Crippen LogP) is 2.95. The quantitative estimate of drug-likeness (QED) is 0.883. The average Bonchev–Trinajstić information content (AvgIpc) is 3.01. The number of rotatable bonds is 6. The van der Waals surface area contributed by atoms with Gasteiger partial charge in [-0.2, -0.15) is 0 Å². The minimum absolute atomic E-state index is 0.0517. The molecule has 2 N–H and O–H groups in total. The highest BCUT2D eigenvalue weighted by molar-refractivity contribution is 7.09. The van der Waals surface area contributed by atoms with Gasteiger partial charge in [-0.05, 0) is 32.5 Å². The summed E-state index contributed by atoms with van der Waals surface area (Å²) in [4.78, 5) is 6.71. The van der Waals surface area contributed by atoms with Crippen molar-refractivity contribution in [1.29, 1.82) is 0 Å². The Labute approximate surface area is 118 Å². The number of thiazole rings is 1. The van der Waals surface area contributed by atoms with Gasteiger partial charge in [-0.3, -0.25) is 4.90 Å². The topological polar surface area (TPSA) is 55.3 Å². The molecule has 2 atom stereocenters. The largest absolute Gasteiger partial charge is 0.468 e. The fraction of sp³-hybridized carbons (Fsp3) is 0.500. The van der Waals surface area contributed by atoms with Gasteiger partial charge in [0, 0.05) is 18.0 Å². The second kappa shape index (κ2) is 6.32. The van der Waals surface area contributed by atoms with Crippen LogP contribution in [0.2, 0.25) is 0 Å². The van der Waals surface area contributed by atoms with Gasteiger partial charge < -0.3 is 10.2 Å². The van der Waals surface area contributed by atoms with E-state index < -0.39 is 0 Å². The third-order valence-corrected chi connectivity index (χ3v) is 4.09. The third-order valence-electron chi connectivity index (χ3n) is 3.26. The summed E-state index contributed by atoms with van der Waals surface area (Å²) < 4.78 is 5.54. The van der Waals surface area contributed by atoms with Crippen LogP contribution < -0.4 is 5.73 Å². The Balaban J connectivity index is 2.14. The summed E-state index contributed by atoms with van der Waals surface area (Å²) in [6, 6.07) is 4.03. The standard InChI is InChI=1S/C14H21N3OS/c1-4-12(15)14(13-6-5-7-18-13)17(3)8-11-9-19-10(2)16-11/h5-7,9,12,14H,4,8,15H2,1-3H3. The van der Waals surface area contributed by atoms with Crippen molar-refractivity contribution < 1.29 is 4.42 Å². The Morgan fingerprint density at radius 2 is 2.32 bits per heavy atom. The van der Waals surface area contributed by atoms with Crippen molar-refractivity contribution in [3.8, 4) is 0 Å². The summed E-state index contributed by atoms with van der Waals surface area (Å²) >= 11 is 1.68. The summed E-state index contributed by atoms with van der Waals surface area (Å²) in [5.41, 5.74) is 7.34. The zero-order valence-electron chi connectivity index (χ0n) is 11.7. The number of hydrogen-bond donors (Lipinski definition) is 1. The second-order valence-electron chi connectivity index (χ2n) is 4.81. The van der Waals surface area contributed by atoms with E-state index in [4.69, 9.17) is 10.2 Å². The molecule has 2 unspecified atom stereocenters. The zero-order chi connectivity index (χ0) is 13.8. The van der Waals surface area contributed by atoms with Gasteiger partial charge in [0.2, 0.25) is 0 Å². The van der Waals surface area contributed by atoms with Crippen molar-refractivity contribution in [3.05, 3.63) is 40.2 Å². The molecule has 2 aromatic heterocycles. The Morgan fingerprint density at radius 1 is 1.53 bits per heavy atom. The number of furan rings is 1. The van der Waals surface area contributed by atoms with Crippen LogP contribution in [0.4, 0.5) is 0 Å². The maximum absolute atomic E-state index is 6.25. The second-order valence-corrected chi connectivity index (χ2v) is 5.87. The van der Waals surface area contributed by atoms with Crippen LogP contribution in [0.25, 0.3) is 0 Å². The molecule has 4 nitrogen and oxygen atoms in total. The van der Waals surface area contributed by atoms with E-state index in [9.17, 15) is 0 Å². The third kappa shape index (κ3) is 3.43. The maximum atomic E-state index is 6.25. The number of aryl methyl sites for hydroxylation is 1. The fourth-order valence-corrected chi connectivity index (χ4v) is 2.88. The van der Waals surface area contributed by atoms with Crippen LogP contribution >= 0.6 is 11.3 Å². The molecule has 0 amide bonds. The minimum atomic E-state index is 0.0517. The first-order valence-electron chi connectivity index (χ1n) is 6.52. The van der Waals surface area contributed by atoms with E-state index in [0.717, 1.165) is 29.4 Å². The molecule has 0 saturated heterocycles. The number of hydrogen-bond acceptors (Lipinski definition) is 5. The Hall–Kier alpha value is -1.17. The minimum Gasteiger partial charge on any atom is -0.468 e. The van der Waals surface area contributed by atoms with Gasteiger partial charge in [0.25, 0.3) is 0 Å². The lowest BCUT2D eigenvalue weighted by Crippen LogP contribution is -2.38. The highest BCUT2D eigenvalue weighted by atomic mass is 32.1. The van der Waals surface area contributed by atoms with Crippen LogP contribution in [0.5, 0.6) is 0 Å². The Morgan fingerprint density at radius 3 is 2.84 bits per heavy atom. The summed E-state index contributed by atoms with van der Waals surface area (Å²) in [6.45, 7) is 4.90. The molecule has 0 aromatic carbocycles. The van der Waals surface area contributed by atoms with Crippen LogP contribution in [-0.4, -0.2) is 23.0 Å². The van der Waals surface area contributed by atoms with Gasteiger partial charge >= 0.3 is 0 Å². The van der Waals surface area contributed by atoms with Crippen molar-refractivity contribution in [2.24, 2.45) is 5.73 Å². The van der Waals surface area contributed by atoms with Gasteiger partial charge in [0.1, 0.15) is 5.76 Å². The Bertz CT molecular complexity index is 495. The fourth-order valence-electron chi connectivity index (χ4n) is 2.27. The monoisotopic (exact) mass is 279 g/mol. The van der Waals surface area contributed by atoms with Gasteiger partial charge in [-0.25, -0.2) is 4.98 Å². The molecule has 2 heterocycles. The highest BCUT2D eigenvalue weighted by Gasteiger charge is 2.25. The molecule has 0 aliphatic carbocycles. The van der Waals surface area contributed by atoms with Crippen LogP contribution in [0.1, 0.15) is 35.8 Å². The van der Waals surface area contributed by atoms with Crippen LogP contribution in [0.3, 0.4) is 0 Å².